The lowest BCUT2D eigenvalue weighted by atomic mass is 10.1. The Labute approximate surface area is 264 Å². The number of imidazole rings is 1. The number of benzene rings is 4. The van der Waals surface area contributed by atoms with E-state index in [1.807, 2.05) is 30.6 Å². The summed E-state index contributed by atoms with van der Waals surface area (Å²) in [5, 5.41) is 1.10. The highest BCUT2D eigenvalue weighted by Crippen LogP contribution is 2.33. The summed E-state index contributed by atoms with van der Waals surface area (Å²) in [6, 6.07) is 34.0. The van der Waals surface area contributed by atoms with Gasteiger partial charge < -0.3 is 18.9 Å². The van der Waals surface area contributed by atoms with Crippen LogP contribution in [-0.4, -0.2) is 46.7 Å². The number of rotatable bonds is 11. The lowest BCUT2D eigenvalue weighted by molar-refractivity contribution is 0.331. The van der Waals surface area contributed by atoms with Crippen LogP contribution in [0.3, 0.4) is 0 Å². The number of likely N-dealkylation sites (tertiary alicyclic amines) is 1. The van der Waals surface area contributed by atoms with Crippen LogP contribution in [0.2, 0.25) is 0 Å². The van der Waals surface area contributed by atoms with Gasteiger partial charge in [0.15, 0.2) is 5.82 Å². The summed E-state index contributed by atoms with van der Waals surface area (Å²) in [7, 11) is 3.39. The number of hydrogen-bond donors (Lipinski definition) is 0. The molecule has 0 unspecified atom stereocenters. The molecule has 0 saturated carbocycles. The Morgan fingerprint density at radius 1 is 0.667 bits per heavy atom. The maximum Gasteiger partial charge on any atom is 0.158 e. The summed E-state index contributed by atoms with van der Waals surface area (Å²) >= 11 is 0. The minimum atomic E-state index is 0.668. The molecular formula is C38H39N5O2. The maximum atomic E-state index is 5.42. The molecule has 45 heavy (non-hydrogen) atoms. The molecule has 0 bridgehead atoms. The Bertz CT molecular complexity index is 1830. The summed E-state index contributed by atoms with van der Waals surface area (Å²) in [4.78, 5) is 15.1. The van der Waals surface area contributed by atoms with E-state index in [2.05, 4.69) is 87.2 Å². The van der Waals surface area contributed by atoms with Crippen molar-refractivity contribution in [1.82, 2.24) is 19.4 Å². The minimum absolute atomic E-state index is 0.668. The van der Waals surface area contributed by atoms with E-state index in [0.29, 0.717) is 13.1 Å². The molecule has 0 amide bonds. The molecular weight excluding hydrogens is 558 g/mol. The van der Waals surface area contributed by atoms with E-state index >= 15 is 0 Å². The lowest BCUT2D eigenvalue weighted by Gasteiger charge is -2.25. The number of ether oxygens (including phenoxy) is 2. The summed E-state index contributed by atoms with van der Waals surface area (Å²) in [5.41, 5.74) is 7.93. The van der Waals surface area contributed by atoms with Gasteiger partial charge in [0, 0.05) is 31.6 Å². The van der Waals surface area contributed by atoms with Gasteiger partial charge in [0.05, 0.1) is 31.6 Å². The van der Waals surface area contributed by atoms with E-state index in [9.17, 15) is 0 Å². The van der Waals surface area contributed by atoms with Gasteiger partial charge in [0.25, 0.3) is 0 Å². The third-order valence-electron chi connectivity index (χ3n) is 8.78. The van der Waals surface area contributed by atoms with Crippen LogP contribution in [0.25, 0.3) is 21.9 Å². The first-order valence-electron chi connectivity index (χ1n) is 15.7. The molecule has 228 valence electrons. The van der Waals surface area contributed by atoms with Crippen molar-refractivity contribution >= 4 is 27.8 Å². The van der Waals surface area contributed by atoms with Crippen LogP contribution >= 0.6 is 0 Å². The number of aromatic nitrogens is 3. The molecule has 3 heterocycles. The summed E-state index contributed by atoms with van der Waals surface area (Å²) in [6.45, 7) is 5.53. The number of fused-ring (bicyclic) bond motifs is 3. The molecule has 1 fully saturated rings. The third-order valence-corrected chi connectivity index (χ3v) is 8.78. The number of methoxy groups -OCH3 is 2. The van der Waals surface area contributed by atoms with Gasteiger partial charge in [-0.1, -0.05) is 66.7 Å². The molecule has 6 aromatic rings. The Morgan fingerprint density at radius 3 is 1.82 bits per heavy atom. The third kappa shape index (κ3) is 6.35. The maximum absolute atomic E-state index is 5.42. The van der Waals surface area contributed by atoms with Crippen LogP contribution in [0.1, 0.15) is 35.1 Å². The second-order valence-electron chi connectivity index (χ2n) is 11.9. The molecule has 0 aliphatic carbocycles. The SMILES string of the molecule is COc1ccc(CN(Cc2ccc(OC)cc2)c2nc3ccccc3c3c2ncn3Cc2ccc(CN3CCCC3)cc2)cc1. The molecule has 1 saturated heterocycles. The second-order valence-corrected chi connectivity index (χ2v) is 11.9. The number of pyridine rings is 1. The van der Waals surface area contributed by atoms with Gasteiger partial charge in [0.1, 0.15) is 17.0 Å². The zero-order chi connectivity index (χ0) is 30.6. The van der Waals surface area contributed by atoms with E-state index in [0.717, 1.165) is 52.3 Å². The summed E-state index contributed by atoms with van der Waals surface area (Å²) in [6.07, 6.45) is 4.60. The molecule has 7 rings (SSSR count). The molecule has 1 aliphatic rings. The number of hydrogen-bond acceptors (Lipinski definition) is 6. The molecule has 4 aromatic carbocycles. The number of nitrogens with zero attached hydrogens (tertiary/aromatic N) is 5. The van der Waals surface area contributed by atoms with Crippen LogP contribution in [0.15, 0.2) is 103 Å². The van der Waals surface area contributed by atoms with Crippen LogP contribution < -0.4 is 14.4 Å². The fourth-order valence-electron chi connectivity index (χ4n) is 6.36. The molecule has 7 nitrogen and oxygen atoms in total. The lowest BCUT2D eigenvalue weighted by Crippen LogP contribution is -2.23. The molecule has 0 spiro atoms. The fourth-order valence-corrected chi connectivity index (χ4v) is 6.36. The van der Waals surface area contributed by atoms with Crippen molar-refractivity contribution in [3.05, 3.63) is 126 Å². The average molecular weight is 598 g/mol. The predicted molar refractivity (Wildman–Crippen MR) is 181 cm³/mol. The highest BCUT2D eigenvalue weighted by molar-refractivity contribution is 6.07. The quantitative estimate of drug-likeness (QED) is 0.155. The van der Waals surface area contributed by atoms with E-state index in [1.165, 1.54) is 48.2 Å². The summed E-state index contributed by atoms with van der Waals surface area (Å²) < 4.78 is 13.1. The van der Waals surface area contributed by atoms with E-state index in [4.69, 9.17) is 19.4 Å². The molecule has 1 aliphatic heterocycles. The largest absolute Gasteiger partial charge is 0.497 e. The van der Waals surface area contributed by atoms with Gasteiger partial charge in [-0.15, -0.1) is 0 Å². The highest BCUT2D eigenvalue weighted by atomic mass is 16.5. The first kappa shape index (κ1) is 28.9. The van der Waals surface area contributed by atoms with Crippen LogP contribution in [0.5, 0.6) is 11.5 Å². The molecule has 0 atom stereocenters. The zero-order valence-electron chi connectivity index (χ0n) is 26.0. The van der Waals surface area contributed by atoms with Gasteiger partial charge >= 0.3 is 0 Å². The Morgan fingerprint density at radius 2 is 1.22 bits per heavy atom. The number of para-hydroxylation sites is 1. The Balaban J connectivity index is 1.26. The van der Waals surface area contributed by atoms with Crippen molar-refractivity contribution in [2.45, 2.75) is 39.0 Å². The van der Waals surface area contributed by atoms with E-state index in [1.54, 1.807) is 14.2 Å². The van der Waals surface area contributed by atoms with Gasteiger partial charge in [0.2, 0.25) is 0 Å². The second kappa shape index (κ2) is 13.0. The van der Waals surface area contributed by atoms with Crippen LogP contribution in [-0.2, 0) is 26.2 Å². The first-order chi connectivity index (χ1) is 22.2. The Hall–Kier alpha value is -4.88. The van der Waals surface area contributed by atoms with Crippen molar-refractivity contribution < 1.29 is 9.47 Å². The fraction of sp³-hybridized carbons (Fsp3) is 0.263. The summed E-state index contributed by atoms with van der Waals surface area (Å²) in [5.74, 6) is 2.55. The average Bonchev–Trinajstić information content (AvgIpc) is 3.76. The number of anilines is 1. The first-order valence-corrected chi connectivity index (χ1v) is 15.7. The molecule has 2 aromatic heterocycles. The monoisotopic (exact) mass is 597 g/mol. The van der Waals surface area contributed by atoms with Gasteiger partial charge in [-0.3, -0.25) is 4.90 Å². The topological polar surface area (TPSA) is 55.7 Å². The zero-order valence-corrected chi connectivity index (χ0v) is 26.0. The molecule has 0 radical (unpaired) electrons. The van der Waals surface area contributed by atoms with Gasteiger partial charge in [-0.2, -0.15) is 0 Å². The smallest absolute Gasteiger partial charge is 0.158 e. The molecule has 0 N–H and O–H groups in total. The molecule has 7 heteroatoms. The van der Waals surface area contributed by atoms with Crippen LogP contribution in [0.4, 0.5) is 5.82 Å². The predicted octanol–water partition coefficient (Wildman–Crippen LogP) is 7.45. The van der Waals surface area contributed by atoms with Crippen molar-refractivity contribution in [3.63, 3.8) is 0 Å². The van der Waals surface area contributed by atoms with Crippen molar-refractivity contribution in [1.29, 1.82) is 0 Å². The van der Waals surface area contributed by atoms with Gasteiger partial charge in [-0.25, -0.2) is 9.97 Å². The van der Waals surface area contributed by atoms with Crippen LogP contribution in [0, 0.1) is 0 Å². The van der Waals surface area contributed by atoms with Gasteiger partial charge in [-0.05, 0) is 78.5 Å². The standard InChI is InChI=1S/C38H39N5O2/c1-44-32-17-13-30(14-18-32)24-42(25-31-15-19-33(45-2)20-16-31)38-36-37(34-7-3-4-8-35(34)40-38)43(27-39-36)26-29-11-9-28(10-12-29)23-41-21-5-6-22-41/h3-4,7-20,27H,5-6,21-26H2,1-2H3. The van der Waals surface area contributed by atoms with Crippen molar-refractivity contribution in [3.8, 4) is 11.5 Å². The Kier molecular flexibility index (Phi) is 8.34. The van der Waals surface area contributed by atoms with Crippen molar-refractivity contribution in [2.75, 3.05) is 32.2 Å². The highest BCUT2D eigenvalue weighted by Gasteiger charge is 2.20. The minimum Gasteiger partial charge on any atom is -0.497 e. The van der Waals surface area contributed by atoms with E-state index < -0.39 is 0 Å². The van der Waals surface area contributed by atoms with Crippen molar-refractivity contribution in [2.24, 2.45) is 0 Å². The van der Waals surface area contributed by atoms with E-state index in [-0.39, 0.29) is 0 Å². The normalized spacial score (nSPS) is 13.5.